The first-order valence-corrected chi connectivity index (χ1v) is 7.37. The van der Waals surface area contributed by atoms with Gasteiger partial charge in [-0.2, -0.15) is 8.42 Å². The molecule has 0 heterocycles. The Morgan fingerprint density at radius 3 is 1.38 bits per heavy atom. The fourth-order valence-electron chi connectivity index (χ4n) is 1.50. The summed E-state index contributed by atoms with van der Waals surface area (Å²) in [5.41, 5.74) is 1.18. The Hall–Kier alpha value is -2.09. The highest BCUT2D eigenvalue weighted by molar-refractivity contribution is 7.81. The number of phenolic OH excluding ortho intramolecular Hbond substituents is 2. The fraction of sp³-hybridized carbons (Fsp3) is 0.143. The largest absolute Gasteiger partial charge is 0.508 e. The zero-order chi connectivity index (χ0) is 15.3. The molecule has 2 aromatic carbocycles. The fourth-order valence-corrected chi connectivity index (χ4v) is 2.13. The number of hydrogen-bond donors (Lipinski definition) is 2. The van der Waals surface area contributed by atoms with E-state index >= 15 is 0 Å². The number of rotatable bonds is 6. The molecular formula is C14H14O6S. The summed E-state index contributed by atoms with van der Waals surface area (Å²) in [5, 5.41) is 18.2. The molecule has 0 amide bonds. The molecule has 0 bridgehead atoms. The molecule has 2 rings (SSSR count). The van der Waals surface area contributed by atoms with E-state index in [1.54, 1.807) is 24.3 Å². The van der Waals surface area contributed by atoms with Gasteiger partial charge in [0, 0.05) is 0 Å². The van der Waals surface area contributed by atoms with Gasteiger partial charge in [0.15, 0.2) is 0 Å². The minimum Gasteiger partial charge on any atom is -0.508 e. The molecule has 6 nitrogen and oxygen atoms in total. The van der Waals surface area contributed by atoms with E-state index in [-0.39, 0.29) is 24.7 Å². The molecule has 0 aliphatic rings. The van der Waals surface area contributed by atoms with Crippen LogP contribution in [0.1, 0.15) is 11.1 Å². The molecule has 2 N–H and O–H groups in total. The molecule has 2 aromatic rings. The lowest BCUT2D eigenvalue weighted by atomic mass is 10.2. The zero-order valence-electron chi connectivity index (χ0n) is 11.0. The van der Waals surface area contributed by atoms with Crippen molar-refractivity contribution < 1.29 is 27.0 Å². The molecule has 0 atom stereocenters. The summed E-state index contributed by atoms with van der Waals surface area (Å²) in [5.74, 6) is 0.176. The minimum absolute atomic E-state index is 0.0881. The van der Waals surface area contributed by atoms with Crippen LogP contribution in [0.15, 0.2) is 48.5 Å². The molecular weight excluding hydrogens is 296 g/mol. The molecule has 0 aromatic heterocycles. The Labute approximate surface area is 122 Å². The van der Waals surface area contributed by atoms with Crippen molar-refractivity contribution in [2.24, 2.45) is 0 Å². The molecule has 0 unspecified atom stereocenters. The quantitative estimate of drug-likeness (QED) is 0.848. The summed E-state index contributed by atoms with van der Waals surface area (Å²) >= 11 is 0. The summed E-state index contributed by atoms with van der Waals surface area (Å²) in [6, 6.07) is 11.9. The Morgan fingerprint density at radius 1 is 0.714 bits per heavy atom. The lowest BCUT2D eigenvalue weighted by Crippen LogP contribution is -2.10. The minimum atomic E-state index is -4.12. The Morgan fingerprint density at radius 2 is 1.05 bits per heavy atom. The highest BCUT2D eigenvalue weighted by Crippen LogP contribution is 2.14. The van der Waals surface area contributed by atoms with Gasteiger partial charge in [0.1, 0.15) is 11.5 Å². The number of aromatic hydroxyl groups is 2. The molecule has 0 fully saturated rings. The van der Waals surface area contributed by atoms with Crippen LogP contribution in [0.25, 0.3) is 0 Å². The monoisotopic (exact) mass is 310 g/mol. The predicted molar refractivity (Wildman–Crippen MR) is 74.7 cm³/mol. The van der Waals surface area contributed by atoms with Crippen molar-refractivity contribution in [3.05, 3.63) is 59.7 Å². The Bertz CT molecular complexity index is 621. The topological polar surface area (TPSA) is 93.1 Å². The second kappa shape index (κ2) is 6.57. The van der Waals surface area contributed by atoms with Crippen LogP contribution in [0.5, 0.6) is 11.5 Å². The highest BCUT2D eigenvalue weighted by Gasteiger charge is 2.12. The first kappa shape index (κ1) is 15.3. The van der Waals surface area contributed by atoms with Crippen LogP contribution in [0.2, 0.25) is 0 Å². The molecule has 112 valence electrons. The van der Waals surface area contributed by atoms with Crippen molar-refractivity contribution >= 4 is 10.4 Å². The predicted octanol–water partition coefficient (Wildman–Crippen LogP) is 2.08. The van der Waals surface area contributed by atoms with Gasteiger partial charge in [0.05, 0.1) is 13.2 Å². The van der Waals surface area contributed by atoms with Gasteiger partial charge in [-0.25, -0.2) is 8.37 Å². The van der Waals surface area contributed by atoms with Gasteiger partial charge in [0.2, 0.25) is 0 Å². The van der Waals surface area contributed by atoms with E-state index in [2.05, 4.69) is 0 Å². The van der Waals surface area contributed by atoms with Gasteiger partial charge < -0.3 is 10.2 Å². The Kier molecular flexibility index (Phi) is 4.79. The van der Waals surface area contributed by atoms with Gasteiger partial charge in [-0.3, -0.25) is 0 Å². The van der Waals surface area contributed by atoms with E-state index in [4.69, 9.17) is 18.6 Å². The molecule has 0 spiro atoms. The van der Waals surface area contributed by atoms with Gasteiger partial charge in [-0.15, -0.1) is 0 Å². The molecule has 0 aliphatic carbocycles. The van der Waals surface area contributed by atoms with E-state index in [0.29, 0.717) is 11.1 Å². The number of benzene rings is 2. The van der Waals surface area contributed by atoms with E-state index in [1.165, 1.54) is 24.3 Å². The lowest BCUT2D eigenvalue weighted by Gasteiger charge is -2.06. The van der Waals surface area contributed by atoms with Gasteiger partial charge in [-0.05, 0) is 35.4 Å². The van der Waals surface area contributed by atoms with Gasteiger partial charge in [-0.1, -0.05) is 24.3 Å². The van der Waals surface area contributed by atoms with Crippen molar-refractivity contribution in [1.82, 2.24) is 0 Å². The maximum atomic E-state index is 11.6. The standard InChI is InChI=1S/C14H14O6S/c15-13-5-1-11(2-6-13)9-19-21(17,18)20-10-12-3-7-14(16)8-4-12/h1-8,15-16H,9-10H2. The average Bonchev–Trinajstić information content (AvgIpc) is 2.46. The van der Waals surface area contributed by atoms with Crippen LogP contribution in [0.3, 0.4) is 0 Å². The van der Waals surface area contributed by atoms with Crippen molar-refractivity contribution in [2.75, 3.05) is 0 Å². The number of hydrogen-bond acceptors (Lipinski definition) is 6. The summed E-state index contributed by atoms with van der Waals surface area (Å²) in [4.78, 5) is 0. The van der Waals surface area contributed by atoms with E-state index < -0.39 is 10.4 Å². The number of phenols is 2. The summed E-state index contributed by atoms with van der Waals surface area (Å²) in [6.07, 6.45) is 0. The first-order chi connectivity index (χ1) is 9.94. The second-order valence-corrected chi connectivity index (χ2v) is 5.55. The third-order valence-electron chi connectivity index (χ3n) is 2.61. The van der Waals surface area contributed by atoms with Crippen LogP contribution < -0.4 is 0 Å². The van der Waals surface area contributed by atoms with Gasteiger partial charge in [0.25, 0.3) is 0 Å². The summed E-state index contributed by atoms with van der Waals surface area (Å²) in [7, 11) is -4.12. The average molecular weight is 310 g/mol. The van der Waals surface area contributed by atoms with Crippen LogP contribution in [-0.4, -0.2) is 18.6 Å². The maximum Gasteiger partial charge on any atom is 0.400 e. The SMILES string of the molecule is O=S(=O)(OCc1ccc(O)cc1)OCc1ccc(O)cc1. The summed E-state index contributed by atoms with van der Waals surface area (Å²) in [6.45, 7) is -0.365. The Balaban J connectivity index is 1.87. The molecule has 21 heavy (non-hydrogen) atoms. The zero-order valence-corrected chi connectivity index (χ0v) is 11.8. The molecule has 0 saturated carbocycles. The maximum absolute atomic E-state index is 11.6. The van der Waals surface area contributed by atoms with Crippen molar-refractivity contribution in [3.8, 4) is 11.5 Å². The van der Waals surface area contributed by atoms with Crippen LogP contribution >= 0.6 is 0 Å². The lowest BCUT2D eigenvalue weighted by molar-refractivity contribution is 0.202. The molecule has 0 aliphatic heterocycles. The van der Waals surface area contributed by atoms with E-state index in [1.807, 2.05) is 0 Å². The van der Waals surface area contributed by atoms with Crippen LogP contribution in [0, 0.1) is 0 Å². The molecule has 0 saturated heterocycles. The van der Waals surface area contributed by atoms with Crippen LogP contribution in [-0.2, 0) is 32.0 Å². The third kappa shape index (κ3) is 5.07. The van der Waals surface area contributed by atoms with Crippen molar-refractivity contribution in [1.29, 1.82) is 0 Å². The normalized spacial score (nSPS) is 11.4. The first-order valence-electron chi connectivity index (χ1n) is 6.04. The highest BCUT2D eigenvalue weighted by atomic mass is 32.3. The smallest absolute Gasteiger partial charge is 0.400 e. The van der Waals surface area contributed by atoms with Crippen molar-refractivity contribution in [3.63, 3.8) is 0 Å². The van der Waals surface area contributed by atoms with Crippen molar-refractivity contribution in [2.45, 2.75) is 13.2 Å². The second-order valence-electron chi connectivity index (χ2n) is 4.27. The van der Waals surface area contributed by atoms with E-state index in [0.717, 1.165) is 0 Å². The van der Waals surface area contributed by atoms with Crippen LogP contribution in [0.4, 0.5) is 0 Å². The molecule has 7 heteroatoms. The molecule has 0 radical (unpaired) electrons. The summed E-state index contributed by atoms with van der Waals surface area (Å²) < 4.78 is 32.6. The third-order valence-corrected chi connectivity index (χ3v) is 3.43. The van der Waals surface area contributed by atoms with Gasteiger partial charge >= 0.3 is 10.4 Å². The van der Waals surface area contributed by atoms with E-state index in [9.17, 15) is 8.42 Å².